The molecule has 1 N–H and O–H groups in total. The fraction of sp³-hybridized carbons (Fsp3) is 0.0625. The molecule has 0 bridgehead atoms. The van der Waals surface area contributed by atoms with Gasteiger partial charge in [0.15, 0.2) is 0 Å². The van der Waals surface area contributed by atoms with Crippen LogP contribution in [-0.4, -0.2) is 5.91 Å². The van der Waals surface area contributed by atoms with Crippen LogP contribution in [0.2, 0.25) is 5.02 Å². The van der Waals surface area contributed by atoms with Crippen LogP contribution in [-0.2, 0) is 11.0 Å². The highest BCUT2D eigenvalue weighted by Gasteiger charge is 2.31. The molecule has 0 fully saturated rings. The monoisotopic (exact) mass is 325 g/mol. The molecule has 0 heterocycles. The second kappa shape index (κ2) is 6.66. The molecular weight excluding hydrogens is 315 g/mol. The smallest absolute Gasteiger partial charge is 0.321 e. The molecule has 2 nitrogen and oxygen atoms in total. The van der Waals surface area contributed by atoms with Crippen molar-refractivity contribution in [3.63, 3.8) is 0 Å². The zero-order valence-corrected chi connectivity index (χ0v) is 11.9. The Bertz CT molecular complexity index is 696. The maximum atomic E-state index is 12.6. The Hall–Kier alpha value is -2.27. The highest BCUT2D eigenvalue weighted by molar-refractivity contribution is 6.33. The standard InChI is InChI=1S/C16H11ClF3NO/c17-13-8-7-12(16(18,19)20)10-14(13)21-15(22)9-6-11-4-2-1-3-5-11/h1-10H,(H,21,22). The minimum atomic E-state index is -4.50. The lowest BCUT2D eigenvalue weighted by Crippen LogP contribution is -2.11. The Labute approximate surface area is 130 Å². The molecule has 0 atom stereocenters. The third kappa shape index (κ3) is 4.36. The van der Waals surface area contributed by atoms with E-state index in [1.807, 2.05) is 6.07 Å². The average molecular weight is 326 g/mol. The van der Waals surface area contributed by atoms with Crippen molar-refractivity contribution in [2.75, 3.05) is 5.32 Å². The predicted molar refractivity (Wildman–Crippen MR) is 80.6 cm³/mol. The highest BCUT2D eigenvalue weighted by atomic mass is 35.5. The molecule has 0 aromatic heterocycles. The zero-order valence-electron chi connectivity index (χ0n) is 11.2. The molecule has 0 aliphatic rings. The summed E-state index contributed by atoms with van der Waals surface area (Å²) in [5.41, 5.74) is -0.161. The molecule has 114 valence electrons. The summed E-state index contributed by atoms with van der Waals surface area (Å²) in [7, 11) is 0. The normalized spacial score (nSPS) is 11.6. The van der Waals surface area contributed by atoms with Crippen molar-refractivity contribution in [3.05, 3.63) is 70.8 Å². The summed E-state index contributed by atoms with van der Waals surface area (Å²) >= 11 is 5.80. The topological polar surface area (TPSA) is 29.1 Å². The van der Waals surface area contributed by atoms with Gasteiger partial charge in [0.2, 0.25) is 5.91 Å². The van der Waals surface area contributed by atoms with E-state index in [1.165, 1.54) is 6.08 Å². The first-order valence-corrected chi connectivity index (χ1v) is 6.65. The van der Waals surface area contributed by atoms with Gasteiger partial charge in [0.1, 0.15) is 0 Å². The fourth-order valence-electron chi connectivity index (χ4n) is 1.71. The van der Waals surface area contributed by atoms with Crippen LogP contribution in [0, 0.1) is 0 Å². The van der Waals surface area contributed by atoms with Gasteiger partial charge in [0.05, 0.1) is 16.3 Å². The quantitative estimate of drug-likeness (QED) is 0.790. The molecule has 6 heteroatoms. The van der Waals surface area contributed by atoms with Crippen LogP contribution in [0.5, 0.6) is 0 Å². The number of hydrogen-bond acceptors (Lipinski definition) is 1. The zero-order chi connectivity index (χ0) is 16.2. The van der Waals surface area contributed by atoms with Crippen molar-refractivity contribution in [1.29, 1.82) is 0 Å². The van der Waals surface area contributed by atoms with E-state index in [-0.39, 0.29) is 10.7 Å². The fourth-order valence-corrected chi connectivity index (χ4v) is 1.87. The summed E-state index contributed by atoms with van der Waals surface area (Å²) < 4.78 is 37.9. The number of benzene rings is 2. The molecular formula is C16H11ClF3NO. The molecule has 2 aromatic rings. The third-order valence-electron chi connectivity index (χ3n) is 2.78. The number of hydrogen-bond donors (Lipinski definition) is 1. The van der Waals surface area contributed by atoms with E-state index in [4.69, 9.17) is 11.6 Å². The SMILES string of the molecule is O=C(C=Cc1ccccc1)Nc1cc(C(F)(F)F)ccc1Cl. The highest BCUT2D eigenvalue weighted by Crippen LogP contribution is 2.33. The van der Waals surface area contributed by atoms with Crippen molar-refractivity contribution < 1.29 is 18.0 Å². The first-order chi connectivity index (χ1) is 10.4. The number of halogens is 4. The Kier molecular flexibility index (Phi) is 4.88. The average Bonchev–Trinajstić information content (AvgIpc) is 2.47. The lowest BCUT2D eigenvalue weighted by atomic mass is 10.2. The van der Waals surface area contributed by atoms with E-state index in [9.17, 15) is 18.0 Å². The molecule has 0 aliphatic carbocycles. The van der Waals surface area contributed by atoms with Crippen LogP contribution in [0.3, 0.4) is 0 Å². The van der Waals surface area contributed by atoms with E-state index in [1.54, 1.807) is 30.3 Å². The Morgan fingerprint density at radius 2 is 1.77 bits per heavy atom. The molecule has 0 unspecified atom stereocenters. The second-order valence-corrected chi connectivity index (χ2v) is 4.83. The molecule has 0 aliphatic heterocycles. The number of nitrogens with one attached hydrogen (secondary N) is 1. The van der Waals surface area contributed by atoms with Gasteiger partial charge in [0.25, 0.3) is 0 Å². The largest absolute Gasteiger partial charge is 0.416 e. The van der Waals surface area contributed by atoms with Crippen LogP contribution in [0.4, 0.5) is 18.9 Å². The van der Waals surface area contributed by atoms with E-state index in [0.29, 0.717) is 0 Å². The molecule has 0 radical (unpaired) electrons. The summed E-state index contributed by atoms with van der Waals surface area (Å²) in [6.07, 6.45) is -1.72. The van der Waals surface area contributed by atoms with E-state index < -0.39 is 17.6 Å². The van der Waals surface area contributed by atoms with Crippen LogP contribution in [0.15, 0.2) is 54.6 Å². The van der Waals surface area contributed by atoms with Crippen LogP contribution in [0.1, 0.15) is 11.1 Å². The summed E-state index contributed by atoms with van der Waals surface area (Å²) in [4.78, 5) is 11.8. The van der Waals surface area contributed by atoms with E-state index >= 15 is 0 Å². The van der Waals surface area contributed by atoms with E-state index in [0.717, 1.165) is 23.8 Å². The summed E-state index contributed by atoms with van der Waals surface area (Å²) in [5.74, 6) is -0.565. The first-order valence-electron chi connectivity index (χ1n) is 6.27. The molecule has 0 saturated heterocycles. The second-order valence-electron chi connectivity index (χ2n) is 4.43. The van der Waals surface area contributed by atoms with Crippen molar-refractivity contribution in [3.8, 4) is 0 Å². The number of anilines is 1. The predicted octanol–water partition coefficient (Wildman–Crippen LogP) is 5.01. The lowest BCUT2D eigenvalue weighted by Gasteiger charge is -2.10. The molecule has 1 amide bonds. The van der Waals surface area contributed by atoms with Crippen molar-refractivity contribution >= 4 is 29.3 Å². The maximum absolute atomic E-state index is 12.6. The van der Waals surface area contributed by atoms with Gasteiger partial charge >= 0.3 is 6.18 Å². The molecule has 2 rings (SSSR count). The van der Waals surface area contributed by atoms with Gasteiger partial charge < -0.3 is 5.32 Å². The molecule has 0 saturated carbocycles. The number of amides is 1. The van der Waals surface area contributed by atoms with Gasteiger partial charge in [-0.2, -0.15) is 13.2 Å². The van der Waals surface area contributed by atoms with E-state index in [2.05, 4.69) is 5.32 Å². The number of carbonyl (C=O) groups excluding carboxylic acids is 1. The number of alkyl halides is 3. The lowest BCUT2D eigenvalue weighted by molar-refractivity contribution is -0.137. The summed E-state index contributed by atoms with van der Waals surface area (Å²) in [6, 6.07) is 11.8. The van der Waals surface area contributed by atoms with Gasteiger partial charge in [-0.3, -0.25) is 4.79 Å². The Balaban J connectivity index is 2.13. The van der Waals surface area contributed by atoms with Gasteiger partial charge in [0, 0.05) is 6.08 Å². The minimum absolute atomic E-state index is 0.0365. The van der Waals surface area contributed by atoms with Crippen LogP contribution >= 0.6 is 11.6 Å². The molecule has 2 aromatic carbocycles. The van der Waals surface area contributed by atoms with Gasteiger partial charge in [-0.25, -0.2) is 0 Å². The number of carbonyl (C=O) groups is 1. The van der Waals surface area contributed by atoms with Crippen LogP contribution < -0.4 is 5.32 Å². The number of rotatable bonds is 3. The Morgan fingerprint density at radius 1 is 1.09 bits per heavy atom. The molecule has 22 heavy (non-hydrogen) atoms. The summed E-state index contributed by atoms with van der Waals surface area (Å²) in [6.45, 7) is 0. The van der Waals surface area contributed by atoms with Gasteiger partial charge in [-0.05, 0) is 29.8 Å². The maximum Gasteiger partial charge on any atom is 0.416 e. The van der Waals surface area contributed by atoms with Crippen molar-refractivity contribution in [2.24, 2.45) is 0 Å². The Morgan fingerprint density at radius 3 is 2.41 bits per heavy atom. The third-order valence-corrected chi connectivity index (χ3v) is 3.11. The minimum Gasteiger partial charge on any atom is -0.321 e. The molecule has 0 spiro atoms. The van der Waals surface area contributed by atoms with Crippen molar-refractivity contribution in [1.82, 2.24) is 0 Å². The summed E-state index contributed by atoms with van der Waals surface area (Å²) in [5, 5.41) is 2.37. The first kappa shape index (κ1) is 16.1. The van der Waals surface area contributed by atoms with Crippen molar-refractivity contribution in [2.45, 2.75) is 6.18 Å². The van der Waals surface area contributed by atoms with Crippen LogP contribution in [0.25, 0.3) is 6.08 Å². The van der Waals surface area contributed by atoms with Gasteiger partial charge in [-0.1, -0.05) is 41.9 Å². The van der Waals surface area contributed by atoms with Gasteiger partial charge in [-0.15, -0.1) is 0 Å².